The Morgan fingerprint density at radius 3 is 2.56 bits per heavy atom. The zero-order valence-corrected chi connectivity index (χ0v) is 10.5. The highest BCUT2D eigenvalue weighted by molar-refractivity contribution is 7.15. The van der Waals surface area contributed by atoms with Crippen molar-refractivity contribution in [2.45, 2.75) is 38.6 Å². The molecular weight excluding hydrogens is 224 g/mol. The zero-order chi connectivity index (χ0) is 11.9. The molecule has 1 atom stereocenters. The van der Waals surface area contributed by atoms with Crippen LogP contribution in [0, 0.1) is 0 Å². The molecule has 1 saturated heterocycles. The van der Waals surface area contributed by atoms with Crippen molar-refractivity contribution in [1.82, 2.24) is 10.2 Å². The van der Waals surface area contributed by atoms with Gasteiger partial charge in [0.2, 0.25) is 11.0 Å². The third-order valence-corrected chi connectivity index (χ3v) is 3.81. The molecule has 1 aromatic rings. The van der Waals surface area contributed by atoms with E-state index in [2.05, 4.69) is 31.0 Å². The average molecular weight is 240 g/mol. The minimum atomic E-state index is -0.0745. The van der Waals surface area contributed by atoms with Crippen molar-refractivity contribution in [2.75, 3.05) is 11.4 Å². The van der Waals surface area contributed by atoms with Gasteiger partial charge in [-0.05, 0) is 0 Å². The molecule has 0 spiro atoms. The lowest BCUT2D eigenvalue weighted by Gasteiger charge is -2.13. The molecule has 6 heteroatoms. The summed E-state index contributed by atoms with van der Waals surface area (Å²) < 4.78 is 0. The van der Waals surface area contributed by atoms with E-state index >= 15 is 0 Å². The SMILES string of the molecule is CC(C)(C)c1nnc(N2CC(N)CC2=O)s1. The molecule has 2 heterocycles. The van der Waals surface area contributed by atoms with Crippen LogP contribution in [-0.4, -0.2) is 28.7 Å². The maximum atomic E-state index is 11.6. The van der Waals surface area contributed by atoms with Gasteiger partial charge in [-0.2, -0.15) is 0 Å². The fraction of sp³-hybridized carbons (Fsp3) is 0.700. The molecule has 0 aliphatic carbocycles. The Morgan fingerprint density at radius 2 is 2.12 bits per heavy atom. The third-order valence-electron chi connectivity index (χ3n) is 2.44. The standard InChI is InChI=1S/C10H16N4OS/c1-10(2,3)8-12-13-9(16-8)14-5-6(11)4-7(14)15/h6H,4-5,11H2,1-3H3. The summed E-state index contributed by atoms with van der Waals surface area (Å²) in [5, 5.41) is 9.80. The van der Waals surface area contributed by atoms with Crippen LogP contribution in [0.1, 0.15) is 32.2 Å². The highest BCUT2D eigenvalue weighted by Crippen LogP contribution is 2.31. The van der Waals surface area contributed by atoms with Crippen LogP contribution in [0.3, 0.4) is 0 Å². The Labute approximate surface area is 98.7 Å². The van der Waals surface area contributed by atoms with Gasteiger partial charge in [-0.1, -0.05) is 32.1 Å². The molecule has 1 aliphatic heterocycles. The maximum Gasteiger partial charge on any atom is 0.230 e. The summed E-state index contributed by atoms with van der Waals surface area (Å²) in [5.41, 5.74) is 5.71. The average Bonchev–Trinajstić information content (AvgIpc) is 2.70. The molecule has 2 rings (SSSR count). The number of aromatic nitrogens is 2. The van der Waals surface area contributed by atoms with E-state index in [0.29, 0.717) is 18.1 Å². The van der Waals surface area contributed by atoms with Crippen LogP contribution in [0.25, 0.3) is 0 Å². The third kappa shape index (κ3) is 2.08. The molecule has 0 bridgehead atoms. The molecule has 1 fully saturated rings. The van der Waals surface area contributed by atoms with Gasteiger partial charge in [0.25, 0.3) is 0 Å². The first-order valence-corrected chi connectivity index (χ1v) is 6.09. The van der Waals surface area contributed by atoms with Gasteiger partial charge in [0, 0.05) is 24.4 Å². The van der Waals surface area contributed by atoms with E-state index in [1.807, 2.05) is 0 Å². The second-order valence-corrected chi connectivity index (χ2v) is 6.06. The topological polar surface area (TPSA) is 72.1 Å². The molecule has 0 aromatic carbocycles. The number of nitrogens with zero attached hydrogens (tertiary/aromatic N) is 3. The van der Waals surface area contributed by atoms with E-state index in [9.17, 15) is 4.79 Å². The molecule has 5 nitrogen and oxygen atoms in total. The summed E-state index contributed by atoms with van der Waals surface area (Å²) in [7, 11) is 0. The fourth-order valence-electron chi connectivity index (χ4n) is 1.55. The molecular formula is C10H16N4OS. The summed E-state index contributed by atoms with van der Waals surface area (Å²) in [5.74, 6) is 0.0455. The Morgan fingerprint density at radius 1 is 1.44 bits per heavy atom. The number of anilines is 1. The van der Waals surface area contributed by atoms with Crippen molar-refractivity contribution >= 4 is 22.4 Å². The molecule has 2 N–H and O–H groups in total. The lowest BCUT2D eigenvalue weighted by atomic mass is 9.98. The number of rotatable bonds is 1. The van der Waals surface area contributed by atoms with Crippen LogP contribution < -0.4 is 10.6 Å². The first-order chi connectivity index (χ1) is 7.38. The van der Waals surface area contributed by atoms with E-state index in [1.54, 1.807) is 4.90 Å². The zero-order valence-electron chi connectivity index (χ0n) is 9.73. The predicted molar refractivity (Wildman–Crippen MR) is 63.6 cm³/mol. The number of amides is 1. The van der Waals surface area contributed by atoms with Crippen LogP contribution in [-0.2, 0) is 10.2 Å². The number of nitrogens with two attached hydrogens (primary N) is 1. The van der Waals surface area contributed by atoms with Crippen LogP contribution in [0.15, 0.2) is 0 Å². The van der Waals surface area contributed by atoms with E-state index in [-0.39, 0.29) is 17.4 Å². The van der Waals surface area contributed by atoms with Crippen molar-refractivity contribution in [3.05, 3.63) is 5.01 Å². The first-order valence-electron chi connectivity index (χ1n) is 5.28. The van der Waals surface area contributed by atoms with E-state index in [4.69, 9.17) is 5.73 Å². The Kier molecular flexibility index (Phi) is 2.71. The maximum absolute atomic E-state index is 11.6. The van der Waals surface area contributed by atoms with E-state index < -0.39 is 0 Å². The van der Waals surface area contributed by atoms with Crippen LogP contribution in [0.2, 0.25) is 0 Å². The number of hydrogen-bond donors (Lipinski definition) is 1. The van der Waals surface area contributed by atoms with Gasteiger partial charge in [0.05, 0.1) is 0 Å². The largest absolute Gasteiger partial charge is 0.326 e. The second-order valence-electron chi connectivity index (χ2n) is 5.11. The molecule has 0 saturated carbocycles. The highest BCUT2D eigenvalue weighted by Gasteiger charge is 2.31. The smallest absolute Gasteiger partial charge is 0.230 e. The molecule has 1 aromatic heterocycles. The van der Waals surface area contributed by atoms with E-state index in [1.165, 1.54) is 11.3 Å². The summed E-state index contributed by atoms with van der Waals surface area (Å²) >= 11 is 1.47. The fourth-order valence-corrected chi connectivity index (χ4v) is 2.48. The van der Waals surface area contributed by atoms with Gasteiger partial charge < -0.3 is 5.73 Å². The second kappa shape index (κ2) is 3.78. The van der Waals surface area contributed by atoms with Crippen molar-refractivity contribution in [3.63, 3.8) is 0 Å². The Bertz CT molecular complexity index is 409. The number of carbonyl (C=O) groups is 1. The summed E-state index contributed by atoms with van der Waals surface area (Å²) in [6.07, 6.45) is 0.407. The van der Waals surface area contributed by atoms with Gasteiger partial charge in [0.15, 0.2) is 0 Å². The van der Waals surface area contributed by atoms with Crippen LogP contribution in [0.5, 0.6) is 0 Å². The molecule has 1 unspecified atom stereocenters. The molecule has 0 radical (unpaired) electrons. The van der Waals surface area contributed by atoms with Crippen LogP contribution in [0.4, 0.5) is 5.13 Å². The summed E-state index contributed by atoms with van der Waals surface area (Å²) in [6.45, 7) is 6.79. The molecule has 1 amide bonds. The molecule has 88 valence electrons. The van der Waals surface area contributed by atoms with Gasteiger partial charge in [0.1, 0.15) is 5.01 Å². The summed E-state index contributed by atoms with van der Waals surface area (Å²) in [4.78, 5) is 13.3. The van der Waals surface area contributed by atoms with Crippen molar-refractivity contribution in [1.29, 1.82) is 0 Å². The lowest BCUT2D eigenvalue weighted by molar-refractivity contribution is -0.117. The Balaban J connectivity index is 2.23. The van der Waals surface area contributed by atoms with Gasteiger partial charge >= 0.3 is 0 Å². The van der Waals surface area contributed by atoms with Gasteiger partial charge in [-0.3, -0.25) is 9.69 Å². The highest BCUT2D eigenvalue weighted by atomic mass is 32.1. The Hall–Kier alpha value is -1.01. The lowest BCUT2D eigenvalue weighted by Crippen LogP contribution is -2.27. The molecule has 16 heavy (non-hydrogen) atoms. The van der Waals surface area contributed by atoms with Crippen LogP contribution >= 0.6 is 11.3 Å². The minimum absolute atomic E-state index is 0.0270. The quantitative estimate of drug-likeness (QED) is 0.791. The number of hydrogen-bond acceptors (Lipinski definition) is 5. The number of carbonyl (C=O) groups excluding carboxylic acids is 1. The first kappa shape index (κ1) is 11.5. The van der Waals surface area contributed by atoms with Gasteiger partial charge in [-0.15, -0.1) is 10.2 Å². The van der Waals surface area contributed by atoms with Crippen molar-refractivity contribution < 1.29 is 4.79 Å². The van der Waals surface area contributed by atoms with Crippen molar-refractivity contribution in [3.8, 4) is 0 Å². The normalized spacial score (nSPS) is 21.9. The monoisotopic (exact) mass is 240 g/mol. The van der Waals surface area contributed by atoms with Gasteiger partial charge in [-0.25, -0.2) is 0 Å². The minimum Gasteiger partial charge on any atom is -0.326 e. The van der Waals surface area contributed by atoms with E-state index in [0.717, 1.165) is 5.01 Å². The molecule has 1 aliphatic rings. The predicted octanol–water partition coefficient (Wildman–Crippen LogP) is 0.900. The summed E-state index contributed by atoms with van der Waals surface area (Å²) in [6, 6.07) is -0.0745. The van der Waals surface area contributed by atoms with Crippen molar-refractivity contribution in [2.24, 2.45) is 5.73 Å².